The van der Waals surface area contributed by atoms with Gasteiger partial charge in [-0.15, -0.1) is 0 Å². The molecule has 2 aromatic carbocycles. The van der Waals surface area contributed by atoms with Crippen LogP contribution in [0.3, 0.4) is 0 Å². The maximum atomic E-state index is 13.1. The number of benzene rings is 2. The number of rotatable bonds is 4. The van der Waals surface area contributed by atoms with Gasteiger partial charge in [-0.05, 0) is 24.1 Å². The van der Waals surface area contributed by atoms with E-state index in [1.54, 1.807) is 24.3 Å². The molecule has 2 N–H and O–H groups in total. The molecule has 3 heterocycles. The summed E-state index contributed by atoms with van der Waals surface area (Å²) in [4.78, 5) is 67.4. The highest BCUT2D eigenvalue weighted by Crippen LogP contribution is 2.35. The largest absolute Gasteiger partial charge is 0.511 e. The first-order chi connectivity index (χ1) is 16.8. The summed E-state index contributed by atoms with van der Waals surface area (Å²) in [5, 5.41) is 12.6. The Balaban J connectivity index is 1.42. The molecule has 3 aliphatic rings. The lowest BCUT2D eigenvalue weighted by molar-refractivity contribution is -0.146. The molecule has 5 rings (SSSR count). The normalized spacial score (nSPS) is 22.5. The second kappa shape index (κ2) is 8.64. The molecule has 35 heavy (non-hydrogen) atoms. The minimum Gasteiger partial charge on any atom is -0.511 e. The van der Waals surface area contributed by atoms with Gasteiger partial charge in [-0.3, -0.25) is 34.4 Å². The molecular formula is C25H19N3O7. The van der Waals surface area contributed by atoms with Crippen LogP contribution in [0.15, 0.2) is 64.9 Å². The molecule has 0 aromatic heterocycles. The van der Waals surface area contributed by atoms with Gasteiger partial charge in [0.15, 0.2) is 0 Å². The van der Waals surface area contributed by atoms with Crippen LogP contribution in [0.2, 0.25) is 0 Å². The molecule has 0 saturated carbocycles. The molecule has 4 amide bonds. The smallest absolute Gasteiger partial charge is 0.343 e. The molecule has 3 aliphatic heterocycles. The summed E-state index contributed by atoms with van der Waals surface area (Å²) >= 11 is 0. The van der Waals surface area contributed by atoms with Gasteiger partial charge in [0, 0.05) is 19.1 Å². The zero-order valence-corrected chi connectivity index (χ0v) is 18.3. The van der Waals surface area contributed by atoms with Crippen LogP contribution in [0.4, 0.5) is 5.69 Å². The van der Waals surface area contributed by atoms with E-state index in [0.717, 1.165) is 16.7 Å². The number of imide groups is 2. The van der Waals surface area contributed by atoms with Gasteiger partial charge in [0.25, 0.3) is 11.8 Å². The van der Waals surface area contributed by atoms with Crippen LogP contribution in [-0.2, 0) is 19.1 Å². The van der Waals surface area contributed by atoms with E-state index in [1.165, 1.54) is 18.2 Å². The van der Waals surface area contributed by atoms with Gasteiger partial charge in [0.1, 0.15) is 23.5 Å². The third-order valence-electron chi connectivity index (χ3n) is 6.11. The molecule has 2 atom stereocenters. The van der Waals surface area contributed by atoms with E-state index < -0.39 is 41.7 Å². The van der Waals surface area contributed by atoms with Crippen molar-refractivity contribution in [2.45, 2.75) is 31.4 Å². The van der Waals surface area contributed by atoms with Crippen molar-refractivity contribution in [2.24, 2.45) is 4.99 Å². The Morgan fingerprint density at radius 3 is 2.49 bits per heavy atom. The van der Waals surface area contributed by atoms with Crippen LogP contribution in [0, 0.1) is 0 Å². The third-order valence-corrected chi connectivity index (χ3v) is 6.11. The standard InChI is InChI=1S/C25H19N3O7/c29-18-11-19(13-5-2-1-3-6-13)35-25(34)15(18)12-26-16-8-4-7-14-21(16)24(33)28(23(14)32)17-9-10-20(30)27-22(17)31/h1-8,12,17,19,29H,9-11H2,(H,27,30,31). The quantitative estimate of drug-likeness (QED) is 0.394. The number of ether oxygens (including phenoxy) is 1. The molecule has 2 unspecified atom stereocenters. The molecule has 0 aliphatic carbocycles. The van der Waals surface area contributed by atoms with Gasteiger partial charge in [-0.2, -0.15) is 0 Å². The van der Waals surface area contributed by atoms with Gasteiger partial charge in [-0.25, -0.2) is 4.79 Å². The molecule has 1 fully saturated rings. The van der Waals surface area contributed by atoms with Crippen molar-refractivity contribution in [1.82, 2.24) is 10.2 Å². The van der Waals surface area contributed by atoms with E-state index in [1.807, 2.05) is 6.07 Å². The number of nitrogens with one attached hydrogen (secondary N) is 1. The zero-order valence-electron chi connectivity index (χ0n) is 18.3. The van der Waals surface area contributed by atoms with Gasteiger partial charge in [-0.1, -0.05) is 36.4 Å². The second-order valence-electron chi connectivity index (χ2n) is 8.27. The van der Waals surface area contributed by atoms with Crippen molar-refractivity contribution in [3.05, 3.63) is 76.6 Å². The maximum absolute atomic E-state index is 13.1. The second-order valence-corrected chi connectivity index (χ2v) is 8.27. The van der Waals surface area contributed by atoms with Crippen molar-refractivity contribution in [3.63, 3.8) is 0 Å². The average molecular weight is 473 g/mol. The Morgan fingerprint density at radius 1 is 1.00 bits per heavy atom. The summed E-state index contributed by atoms with van der Waals surface area (Å²) in [6.45, 7) is 0. The van der Waals surface area contributed by atoms with E-state index in [-0.39, 0.29) is 47.4 Å². The number of esters is 1. The van der Waals surface area contributed by atoms with E-state index in [2.05, 4.69) is 10.3 Å². The molecule has 2 aromatic rings. The van der Waals surface area contributed by atoms with Gasteiger partial charge < -0.3 is 9.84 Å². The minimum absolute atomic E-state index is 0.00827. The summed E-state index contributed by atoms with van der Waals surface area (Å²) in [6, 6.07) is 12.3. The first-order valence-corrected chi connectivity index (χ1v) is 10.9. The molecular weight excluding hydrogens is 454 g/mol. The van der Waals surface area contributed by atoms with Gasteiger partial charge in [0.2, 0.25) is 11.8 Å². The number of nitrogens with zero attached hydrogens (tertiary/aromatic N) is 2. The zero-order chi connectivity index (χ0) is 24.7. The van der Waals surface area contributed by atoms with E-state index >= 15 is 0 Å². The summed E-state index contributed by atoms with van der Waals surface area (Å²) in [7, 11) is 0. The molecule has 0 bridgehead atoms. The number of carbonyl (C=O) groups is 5. The van der Waals surface area contributed by atoms with E-state index in [4.69, 9.17) is 4.74 Å². The van der Waals surface area contributed by atoms with Crippen LogP contribution >= 0.6 is 0 Å². The molecule has 1 saturated heterocycles. The molecule has 0 radical (unpaired) electrons. The van der Waals surface area contributed by atoms with Crippen molar-refractivity contribution in [3.8, 4) is 0 Å². The minimum atomic E-state index is -1.10. The van der Waals surface area contributed by atoms with Crippen molar-refractivity contribution in [2.75, 3.05) is 0 Å². The number of piperidine rings is 1. The number of aliphatic imine (C=N–C) groups is 1. The predicted octanol–water partition coefficient (Wildman–Crippen LogP) is 2.29. The Hall–Kier alpha value is -4.60. The van der Waals surface area contributed by atoms with Crippen LogP contribution in [0.5, 0.6) is 0 Å². The Morgan fingerprint density at radius 2 is 1.77 bits per heavy atom. The Kier molecular flexibility index (Phi) is 5.48. The lowest BCUT2D eigenvalue weighted by atomic mass is 10.0. The topological polar surface area (TPSA) is 142 Å². The fraction of sp³-hybridized carbons (Fsp3) is 0.200. The lowest BCUT2D eigenvalue weighted by Gasteiger charge is -2.27. The van der Waals surface area contributed by atoms with Crippen LogP contribution < -0.4 is 5.32 Å². The number of fused-ring (bicyclic) bond motifs is 1. The third kappa shape index (κ3) is 3.88. The van der Waals surface area contributed by atoms with Crippen molar-refractivity contribution >= 4 is 41.5 Å². The number of cyclic esters (lactones) is 1. The van der Waals surface area contributed by atoms with E-state index in [9.17, 15) is 29.1 Å². The first kappa shape index (κ1) is 22.2. The highest BCUT2D eigenvalue weighted by molar-refractivity contribution is 6.25. The maximum Gasteiger partial charge on any atom is 0.343 e. The van der Waals surface area contributed by atoms with E-state index in [0.29, 0.717) is 0 Å². The molecule has 10 nitrogen and oxygen atoms in total. The first-order valence-electron chi connectivity index (χ1n) is 10.9. The number of hydrogen-bond donors (Lipinski definition) is 2. The number of carbonyl (C=O) groups excluding carboxylic acids is 5. The molecule has 10 heteroatoms. The summed E-state index contributed by atoms with van der Waals surface area (Å²) in [5.74, 6) is -3.54. The summed E-state index contributed by atoms with van der Waals surface area (Å²) < 4.78 is 5.44. The highest BCUT2D eigenvalue weighted by Gasteiger charge is 2.45. The van der Waals surface area contributed by atoms with Gasteiger partial charge >= 0.3 is 5.97 Å². The monoisotopic (exact) mass is 473 g/mol. The lowest BCUT2D eigenvalue weighted by Crippen LogP contribution is -2.54. The number of aliphatic hydroxyl groups excluding tert-OH is 1. The van der Waals surface area contributed by atoms with Crippen LogP contribution in [-0.4, -0.2) is 51.9 Å². The highest BCUT2D eigenvalue weighted by atomic mass is 16.5. The predicted molar refractivity (Wildman–Crippen MR) is 121 cm³/mol. The molecule has 176 valence electrons. The van der Waals surface area contributed by atoms with Crippen molar-refractivity contribution < 1.29 is 33.8 Å². The van der Waals surface area contributed by atoms with Crippen LogP contribution in [0.25, 0.3) is 0 Å². The molecule has 0 spiro atoms. The fourth-order valence-electron chi connectivity index (χ4n) is 4.36. The Labute approximate surface area is 198 Å². The fourth-order valence-corrected chi connectivity index (χ4v) is 4.36. The van der Waals surface area contributed by atoms with Crippen molar-refractivity contribution in [1.29, 1.82) is 0 Å². The average Bonchev–Trinajstić information content (AvgIpc) is 3.09. The summed E-state index contributed by atoms with van der Waals surface area (Å²) in [6.07, 6.45) is 0.562. The number of amides is 4. The Bertz CT molecular complexity index is 1350. The van der Waals surface area contributed by atoms with Crippen LogP contribution in [0.1, 0.15) is 51.6 Å². The number of aliphatic hydroxyl groups is 1. The summed E-state index contributed by atoms with van der Waals surface area (Å²) in [5.41, 5.74) is 0.706. The van der Waals surface area contributed by atoms with Gasteiger partial charge in [0.05, 0.1) is 16.8 Å². The number of hydrogen-bond acceptors (Lipinski definition) is 8. The SMILES string of the molecule is O=C1CCC(N2C(=O)c3cccc(N=CC4=C(O)CC(c5ccccc5)OC4=O)c3C2=O)C(=O)N1.